The van der Waals surface area contributed by atoms with Gasteiger partial charge in [-0.3, -0.25) is 4.79 Å². The second kappa shape index (κ2) is 7.94. The van der Waals surface area contributed by atoms with Crippen LogP contribution >= 0.6 is 0 Å². The van der Waals surface area contributed by atoms with E-state index < -0.39 is 11.3 Å². The Morgan fingerprint density at radius 3 is 2.20 bits per heavy atom. The molecule has 2 aliphatic rings. The molecule has 0 aromatic rings. The average molecular weight is 354 g/mol. The van der Waals surface area contributed by atoms with Crippen LogP contribution in [0.25, 0.3) is 0 Å². The van der Waals surface area contributed by atoms with E-state index in [1.165, 1.54) is 6.42 Å². The van der Waals surface area contributed by atoms with Gasteiger partial charge in [0.25, 0.3) is 0 Å². The second-order valence-corrected chi connectivity index (χ2v) is 8.74. The van der Waals surface area contributed by atoms with Crippen molar-refractivity contribution in [1.29, 1.82) is 0 Å². The monoisotopic (exact) mass is 353 g/mol. The standard InChI is InChI=1S/C19H35N3O3/c1-5-14-6-8-15(9-7-14)16(23)21-19(20)10-12-22(13-11-19)17(24)25-18(2,3)4/h14-15H,5-13,20H2,1-4H3,(H,21,23). The van der Waals surface area contributed by atoms with Crippen LogP contribution < -0.4 is 11.1 Å². The van der Waals surface area contributed by atoms with Gasteiger partial charge in [-0.15, -0.1) is 0 Å². The molecule has 6 nitrogen and oxygen atoms in total. The maximum absolute atomic E-state index is 12.6. The Morgan fingerprint density at radius 1 is 1.16 bits per heavy atom. The van der Waals surface area contributed by atoms with Crippen LogP contribution in [0.1, 0.15) is 72.6 Å². The fourth-order valence-electron chi connectivity index (χ4n) is 3.72. The first-order valence-electron chi connectivity index (χ1n) is 9.71. The number of nitrogens with zero attached hydrogens (tertiary/aromatic N) is 1. The van der Waals surface area contributed by atoms with Crippen molar-refractivity contribution in [3.05, 3.63) is 0 Å². The highest BCUT2D eigenvalue weighted by atomic mass is 16.6. The van der Waals surface area contributed by atoms with Crippen molar-refractivity contribution >= 4 is 12.0 Å². The van der Waals surface area contributed by atoms with E-state index in [0.717, 1.165) is 31.6 Å². The molecule has 0 bridgehead atoms. The molecule has 1 aliphatic carbocycles. The molecule has 6 heteroatoms. The lowest BCUT2D eigenvalue weighted by atomic mass is 9.80. The predicted molar refractivity (Wildman–Crippen MR) is 97.8 cm³/mol. The van der Waals surface area contributed by atoms with Gasteiger partial charge < -0.3 is 20.7 Å². The molecule has 0 atom stereocenters. The molecular formula is C19H35N3O3. The normalized spacial score (nSPS) is 26.8. The summed E-state index contributed by atoms with van der Waals surface area (Å²) < 4.78 is 5.40. The third-order valence-corrected chi connectivity index (χ3v) is 5.47. The second-order valence-electron chi connectivity index (χ2n) is 8.74. The van der Waals surface area contributed by atoms with Gasteiger partial charge in [-0.1, -0.05) is 13.3 Å². The number of rotatable bonds is 3. The zero-order chi connectivity index (χ0) is 18.7. The van der Waals surface area contributed by atoms with Gasteiger partial charge in [0.05, 0.1) is 5.66 Å². The highest BCUT2D eigenvalue weighted by Crippen LogP contribution is 2.31. The molecule has 2 fully saturated rings. The van der Waals surface area contributed by atoms with Crippen molar-refractivity contribution in [3.63, 3.8) is 0 Å². The number of piperidine rings is 1. The quantitative estimate of drug-likeness (QED) is 0.764. The highest BCUT2D eigenvalue weighted by molar-refractivity contribution is 5.79. The summed E-state index contributed by atoms with van der Waals surface area (Å²) >= 11 is 0. The van der Waals surface area contributed by atoms with Gasteiger partial charge in [-0.05, 0) is 52.4 Å². The molecule has 1 aliphatic heterocycles. The summed E-state index contributed by atoms with van der Waals surface area (Å²) in [7, 11) is 0. The third-order valence-electron chi connectivity index (χ3n) is 5.47. The summed E-state index contributed by atoms with van der Waals surface area (Å²) in [5, 5.41) is 3.07. The summed E-state index contributed by atoms with van der Waals surface area (Å²) in [5.74, 6) is 0.947. The van der Waals surface area contributed by atoms with Gasteiger partial charge in [0.1, 0.15) is 5.60 Å². The molecule has 0 spiro atoms. The zero-order valence-corrected chi connectivity index (χ0v) is 16.3. The lowest BCUT2D eigenvalue weighted by molar-refractivity contribution is -0.128. The Labute approximate surface area is 151 Å². The number of carbonyl (C=O) groups is 2. The van der Waals surface area contributed by atoms with E-state index in [9.17, 15) is 9.59 Å². The van der Waals surface area contributed by atoms with Gasteiger partial charge in [0.15, 0.2) is 0 Å². The van der Waals surface area contributed by atoms with Gasteiger partial charge in [0.2, 0.25) is 5.91 Å². The molecule has 1 saturated heterocycles. The van der Waals surface area contributed by atoms with Crippen molar-refractivity contribution in [2.45, 2.75) is 83.9 Å². The predicted octanol–water partition coefficient (Wildman–Crippen LogP) is 3.00. The minimum absolute atomic E-state index is 0.0859. The summed E-state index contributed by atoms with van der Waals surface area (Å²) in [6.45, 7) is 8.81. The van der Waals surface area contributed by atoms with E-state index in [1.807, 2.05) is 20.8 Å². The van der Waals surface area contributed by atoms with Crippen molar-refractivity contribution in [3.8, 4) is 0 Å². The maximum atomic E-state index is 12.6. The molecule has 0 aromatic carbocycles. The van der Waals surface area contributed by atoms with Crippen LogP contribution in [0.4, 0.5) is 4.79 Å². The van der Waals surface area contributed by atoms with Crippen LogP contribution in [-0.4, -0.2) is 41.3 Å². The number of nitrogens with one attached hydrogen (secondary N) is 1. The Bertz CT molecular complexity index is 471. The van der Waals surface area contributed by atoms with E-state index in [-0.39, 0.29) is 17.9 Å². The number of ether oxygens (including phenoxy) is 1. The molecule has 2 rings (SSSR count). The van der Waals surface area contributed by atoms with Crippen LogP contribution in [0.3, 0.4) is 0 Å². The highest BCUT2D eigenvalue weighted by Gasteiger charge is 2.37. The fourth-order valence-corrected chi connectivity index (χ4v) is 3.72. The smallest absolute Gasteiger partial charge is 0.410 e. The molecular weight excluding hydrogens is 318 g/mol. The van der Waals surface area contributed by atoms with Crippen molar-refractivity contribution in [2.24, 2.45) is 17.6 Å². The minimum Gasteiger partial charge on any atom is -0.444 e. The van der Waals surface area contributed by atoms with Gasteiger partial charge in [-0.2, -0.15) is 0 Å². The molecule has 3 N–H and O–H groups in total. The number of likely N-dealkylation sites (tertiary alicyclic amines) is 1. The summed E-state index contributed by atoms with van der Waals surface area (Å²) in [5.41, 5.74) is 5.19. The first-order chi connectivity index (χ1) is 11.6. The molecule has 25 heavy (non-hydrogen) atoms. The van der Waals surface area contributed by atoms with Gasteiger partial charge in [0, 0.05) is 31.8 Å². The van der Waals surface area contributed by atoms with E-state index in [4.69, 9.17) is 10.5 Å². The number of carbonyl (C=O) groups excluding carboxylic acids is 2. The van der Waals surface area contributed by atoms with E-state index in [2.05, 4.69) is 12.2 Å². The first kappa shape index (κ1) is 20.0. The minimum atomic E-state index is -0.711. The Morgan fingerprint density at radius 2 is 1.72 bits per heavy atom. The lowest BCUT2D eigenvalue weighted by Gasteiger charge is -2.41. The average Bonchev–Trinajstić information content (AvgIpc) is 2.53. The first-order valence-corrected chi connectivity index (χ1v) is 9.71. The van der Waals surface area contributed by atoms with Crippen LogP contribution in [0.5, 0.6) is 0 Å². The van der Waals surface area contributed by atoms with E-state index >= 15 is 0 Å². The van der Waals surface area contributed by atoms with Crippen molar-refractivity contribution in [2.75, 3.05) is 13.1 Å². The van der Waals surface area contributed by atoms with Crippen LogP contribution in [0.15, 0.2) is 0 Å². The molecule has 144 valence electrons. The van der Waals surface area contributed by atoms with Gasteiger partial charge >= 0.3 is 6.09 Å². The molecule has 2 amide bonds. The van der Waals surface area contributed by atoms with Crippen LogP contribution in [-0.2, 0) is 9.53 Å². The number of amides is 2. The Hall–Kier alpha value is -1.30. The van der Waals surface area contributed by atoms with Crippen LogP contribution in [0, 0.1) is 11.8 Å². The largest absolute Gasteiger partial charge is 0.444 e. The maximum Gasteiger partial charge on any atom is 0.410 e. The third kappa shape index (κ3) is 5.87. The molecule has 0 unspecified atom stereocenters. The molecule has 0 aromatic heterocycles. The number of hydrogen-bond acceptors (Lipinski definition) is 4. The zero-order valence-electron chi connectivity index (χ0n) is 16.3. The number of nitrogens with two attached hydrogens (primary N) is 1. The molecule has 1 saturated carbocycles. The fraction of sp³-hybridized carbons (Fsp3) is 0.895. The molecule has 1 heterocycles. The van der Waals surface area contributed by atoms with E-state index in [0.29, 0.717) is 25.9 Å². The summed E-state index contributed by atoms with van der Waals surface area (Å²) in [6, 6.07) is 0. The lowest BCUT2D eigenvalue weighted by Crippen LogP contribution is -2.62. The SMILES string of the molecule is CCC1CCC(C(=O)NC2(N)CCN(C(=O)OC(C)(C)C)CC2)CC1. The van der Waals surface area contributed by atoms with Gasteiger partial charge in [-0.25, -0.2) is 4.79 Å². The Kier molecular flexibility index (Phi) is 6.35. The van der Waals surface area contributed by atoms with Crippen molar-refractivity contribution in [1.82, 2.24) is 10.2 Å². The Balaban J connectivity index is 1.80. The van der Waals surface area contributed by atoms with Crippen LogP contribution in [0.2, 0.25) is 0 Å². The number of hydrogen-bond donors (Lipinski definition) is 2. The summed E-state index contributed by atoms with van der Waals surface area (Å²) in [6.07, 6.45) is 6.21. The van der Waals surface area contributed by atoms with E-state index in [1.54, 1.807) is 4.90 Å². The summed E-state index contributed by atoms with van der Waals surface area (Å²) in [4.78, 5) is 26.4. The molecule has 0 radical (unpaired) electrons. The van der Waals surface area contributed by atoms with Crippen molar-refractivity contribution < 1.29 is 14.3 Å². The topological polar surface area (TPSA) is 84.7 Å².